The van der Waals surface area contributed by atoms with E-state index >= 15 is 0 Å². The van der Waals surface area contributed by atoms with Gasteiger partial charge in [0.15, 0.2) is 5.75 Å². The third-order valence-corrected chi connectivity index (χ3v) is 5.86. The summed E-state index contributed by atoms with van der Waals surface area (Å²) in [6, 6.07) is 21.1. The Morgan fingerprint density at radius 1 is 1.03 bits per heavy atom. The fourth-order valence-corrected chi connectivity index (χ4v) is 4.09. The minimum atomic E-state index is -0.337. The van der Waals surface area contributed by atoms with Gasteiger partial charge in [-0.1, -0.05) is 60.7 Å². The van der Waals surface area contributed by atoms with E-state index < -0.39 is 0 Å². The molecule has 0 fully saturated rings. The molecular weight excluding hydrogens is 410 g/mol. The maximum Gasteiger partial charge on any atom is 0.291 e. The van der Waals surface area contributed by atoms with Crippen molar-refractivity contribution < 1.29 is 9.53 Å². The lowest BCUT2D eigenvalue weighted by Crippen LogP contribution is -2.22. The number of hydrogen-bond donors (Lipinski definition) is 2. The zero-order valence-corrected chi connectivity index (χ0v) is 17.7. The number of carbonyl (C=O) groups excluding carboxylic acids is 1. The molecule has 0 saturated carbocycles. The molecule has 2 N–H and O–H groups in total. The first-order valence-electron chi connectivity index (χ1n) is 9.80. The highest BCUT2D eigenvalue weighted by Gasteiger charge is 2.20. The summed E-state index contributed by atoms with van der Waals surface area (Å²) in [7, 11) is 0. The van der Waals surface area contributed by atoms with Crippen LogP contribution in [0.5, 0.6) is 5.75 Å². The van der Waals surface area contributed by atoms with Crippen LogP contribution in [-0.4, -0.2) is 15.9 Å². The van der Waals surface area contributed by atoms with E-state index in [1.807, 2.05) is 60.7 Å². The van der Waals surface area contributed by atoms with Gasteiger partial charge in [0.2, 0.25) is 0 Å². The molecule has 0 bridgehead atoms. The molecule has 0 aliphatic heterocycles. The summed E-state index contributed by atoms with van der Waals surface area (Å²) in [5, 5.41) is 3.49. The smallest absolute Gasteiger partial charge is 0.291 e. The summed E-state index contributed by atoms with van der Waals surface area (Å²) >= 11 is 1.24. The average molecular weight is 432 g/mol. The Balaban J connectivity index is 1.55. The molecule has 156 valence electrons. The van der Waals surface area contributed by atoms with E-state index in [0.29, 0.717) is 27.7 Å². The first-order valence-corrected chi connectivity index (χ1v) is 10.6. The quantitative estimate of drug-likeness (QED) is 0.457. The van der Waals surface area contributed by atoms with Crippen LogP contribution in [-0.2, 0) is 13.2 Å². The molecular formula is C24H21N3O3S. The van der Waals surface area contributed by atoms with Gasteiger partial charge in [0.25, 0.3) is 11.5 Å². The van der Waals surface area contributed by atoms with Crippen molar-refractivity contribution in [2.24, 2.45) is 0 Å². The van der Waals surface area contributed by atoms with Gasteiger partial charge in [0.05, 0.1) is 11.3 Å². The number of rotatable bonds is 7. The number of pyridine rings is 1. The number of amides is 1. The maximum absolute atomic E-state index is 12.7. The van der Waals surface area contributed by atoms with E-state index in [9.17, 15) is 9.59 Å². The molecule has 2 aromatic carbocycles. The van der Waals surface area contributed by atoms with Crippen LogP contribution in [0.3, 0.4) is 0 Å². The number of carbonyl (C=O) groups is 1. The fraction of sp³-hybridized carbons (Fsp3) is 0.125. The van der Waals surface area contributed by atoms with E-state index in [1.165, 1.54) is 11.3 Å². The van der Waals surface area contributed by atoms with Crippen molar-refractivity contribution in [2.45, 2.75) is 20.1 Å². The SMILES string of the molecule is Cc1nc(-c2cc[nH]c(=O)c2OCc2ccccc2)sc1C(=O)NCc1ccccc1. The Morgan fingerprint density at radius 2 is 1.71 bits per heavy atom. The van der Waals surface area contributed by atoms with Crippen molar-refractivity contribution >= 4 is 17.2 Å². The molecule has 0 spiro atoms. The van der Waals surface area contributed by atoms with Crippen LogP contribution in [0.1, 0.15) is 26.5 Å². The highest BCUT2D eigenvalue weighted by Crippen LogP contribution is 2.32. The van der Waals surface area contributed by atoms with E-state index in [0.717, 1.165) is 11.1 Å². The molecule has 2 aromatic heterocycles. The first kappa shape index (κ1) is 20.6. The number of nitrogens with one attached hydrogen (secondary N) is 2. The summed E-state index contributed by atoms with van der Waals surface area (Å²) in [4.78, 5) is 32.8. The predicted octanol–water partition coefficient (Wildman–Crippen LogP) is 4.32. The van der Waals surface area contributed by atoms with Crippen LogP contribution in [0.25, 0.3) is 10.6 Å². The summed E-state index contributed by atoms with van der Waals surface area (Å²) in [5.41, 5.74) is 2.81. The van der Waals surface area contributed by atoms with Gasteiger partial charge < -0.3 is 15.0 Å². The van der Waals surface area contributed by atoms with E-state index in [4.69, 9.17) is 4.74 Å². The van der Waals surface area contributed by atoms with E-state index in [-0.39, 0.29) is 23.8 Å². The highest BCUT2D eigenvalue weighted by molar-refractivity contribution is 7.17. The summed E-state index contributed by atoms with van der Waals surface area (Å²) in [5.74, 6) is -0.00181. The van der Waals surface area contributed by atoms with Crippen molar-refractivity contribution in [3.63, 3.8) is 0 Å². The molecule has 1 amide bonds. The Bertz CT molecular complexity index is 1230. The van der Waals surface area contributed by atoms with Gasteiger partial charge in [-0.15, -0.1) is 11.3 Å². The largest absolute Gasteiger partial charge is 0.483 e. The number of ether oxygens (including phenoxy) is 1. The van der Waals surface area contributed by atoms with Gasteiger partial charge in [-0.25, -0.2) is 4.98 Å². The molecule has 2 heterocycles. The number of benzene rings is 2. The summed E-state index contributed by atoms with van der Waals surface area (Å²) in [6.07, 6.45) is 1.55. The first-order chi connectivity index (χ1) is 15.1. The monoisotopic (exact) mass is 431 g/mol. The second-order valence-electron chi connectivity index (χ2n) is 6.93. The van der Waals surface area contributed by atoms with Crippen molar-refractivity contribution in [3.8, 4) is 16.3 Å². The molecule has 0 unspecified atom stereocenters. The van der Waals surface area contributed by atoms with Crippen LogP contribution in [0.4, 0.5) is 0 Å². The number of hydrogen-bond acceptors (Lipinski definition) is 5. The third kappa shape index (κ3) is 4.90. The van der Waals surface area contributed by atoms with Gasteiger partial charge >= 0.3 is 0 Å². The van der Waals surface area contributed by atoms with Gasteiger partial charge in [-0.2, -0.15) is 0 Å². The van der Waals surface area contributed by atoms with Crippen molar-refractivity contribution in [1.82, 2.24) is 15.3 Å². The topological polar surface area (TPSA) is 84.1 Å². The van der Waals surface area contributed by atoms with E-state index in [2.05, 4.69) is 15.3 Å². The number of aryl methyl sites for hydroxylation is 1. The van der Waals surface area contributed by atoms with Crippen molar-refractivity contribution in [2.75, 3.05) is 0 Å². The molecule has 0 radical (unpaired) electrons. The Labute approximate surface area is 183 Å². The van der Waals surface area contributed by atoms with Crippen molar-refractivity contribution in [1.29, 1.82) is 0 Å². The molecule has 0 aliphatic carbocycles. The lowest BCUT2D eigenvalue weighted by molar-refractivity contribution is 0.0954. The lowest BCUT2D eigenvalue weighted by Gasteiger charge is -2.09. The number of aromatic nitrogens is 2. The van der Waals surface area contributed by atoms with Gasteiger partial charge in [-0.05, 0) is 24.1 Å². The Kier molecular flexibility index (Phi) is 6.24. The van der Waals surface area contributed by atoms with Crippen LogP contribution >= 0.6 is 11.3 Å². The number of nitrogens with zero attached hydrogens (tertiary/aromatic N) is 1. The summed E-state index contributed by atoms with van der Waals surface area (Å²) < 4.78 is 5.85. The summed E-state index contributed by atoms with van der Waals surface area (Å²) in [6.45, 7) is 2.48. The van der Waals surface area contributed by atoms with E-state index in [1.54, 1.807) is 19.2 Å². The standard InChI is InChI=1S/C24H21N3O3S/c1-16-21(23(29)26-14-17-8-4-2-5-9-17)31-24(27-16)19-12-13-25-22(28)20(19)30-15-18-10-6-3-7-11-18/h2-13H,14-15H2,1H3,(H,25,28)(H,26,29). The zero-order valence-electron chi connectivity index (χ0n) is 16.9. The van der Waals surface area contributed by atoms with Crippen molar-refractivity contribution in [3.05, 3.63) is 105 Å². The van der Waals surface area contributed by atoms with Crippen LogP contribution in [0.2, 0.25) is 0 Å². The minimum absolute atomic E-state index is 0.191. The molecule has 6 nitrogen and oxygen atoms in total. The van der Waals surface area contributed by atoms with Gasteiger partial charge in [0, 0.05) is 12.7 Å². The fourth-order valence-electron chi connectivity index (χ4n) is 3.09. The van der Waals surface area contributed by atoms with Crippen LogP contribution in [0.15, 0.2) is 77.7 Å². The predicted molar refractivity (Wildman–Crippen MR) is 121 cm³/mol. The van der Waals surface area contributed by atoms with Gasteiger partial charge in [0.1, 0.15) is 16.5 Å². The molecule has 4 aromatic rings. The second-order valence-corrected chi connectivity index (χ2v) is 7.92. The second kappa shape index (κ2) is 9.40. The molecule has 7 heteroatoms. The number of thiazole rings is 1. The normalized spacial score (nSPS) is 10.6. The average Bonchev–Trinajstić information content (AvgIpc) is 3.19. The molecule has 0 saturated heterocycles. The minimum Gasteiger partial charge on any atom is -0.483 e. The molecule has 0 atom stereocenters. The number of H-pyrrole nitrogens is 1. The molecule has 31 heavy (non-hydrogen) atoms. The Hall–Kier alpha value is -3.71. The lowest BCUT2D eigenvalue weighted by atomic mass is 10.2. The third-order valence-electron chi connectivity index (χ3n) is 4.67. The Morgan fingerprint density at radius 3 is 2.42 bits per heavy atom. The van der Waals surface area contributed by atoms with Gasteiger partial charge in [-0.3, -0.25) is 9.59 Å². The molecule has 0 aliphatic rings. The molecule has 4 rings (SSSR count). The van der Waals surface area contributed by atoms with Crippen LogP contribution in [0, 0.1) is 6.92 Å². The van der Waals surface area contributed by atoms with Crippen LogP contribution < -0.4 is 15.6 Å². The number of aromatic amines is 1. The highest BCUT2D eigenvalue weighted by atomic mass is 32.1. The maximum atomic E-state index is 12.7. The zero-order chi connectivity index (χ0) is 21.6.